The van der Waals surface area contributed by atoms with Gasteiger partial charge in [-0.05, 0) is 64.9 Å². The zero-order valence-electron chi connectivity index (χ0n) is 21.6. The fourth-order valence-corrected chi connectivity index (χ4v) is 5.13. The summed E-state index contributed by atoms with van der Waals surface area (Å²) in [6, 6.07) is 10.9. The molecule has 0 saturated carbocycles. The highest BCUT2D eigenvalue weighted by molar-refractivity contribution is 5.76. The normalized spacial score (nSPS) is 18.9. The van der Waals surface area contributed by atoms with Crippen LogP contribution in [-0.2, 0) is 11.2 Å². The van der Waals surface area contributed by atoms with Gasteiger partial charge in [0, 0.05) is 51.4 Å². The minimum absolute atomic E-state index is 0.00159. The number of rotatable bonds is 9. The molecule has 0 aliphatic carbocycles. The van der Waals surface area contributed by atoms with Crippen molar-refractivity contribution in [3.05, 3.63) is 35.9 Å². The van der Waals surface area contributed by atoms with Gasteiger partial charge in [-0.1, -0.05) is 37.3 Å². The molecule has 0 unspecified atom stereocenters. The molecule has 1 aromatic rings. The van der Waals surface area contributed by atoms with Crippen LogP contribution in [0.5, 0.6) is 0 Å². The Hall–Kier alpha value is -2.28. The molecule has 0 atom stereocenters. The Morgan fingerprint density at radius 1 is 1.03 bits per heavy atom. The maximum absolute atomic E-state index is 13.4. The molecule has 7 nitrogen and oxygen atoms in total. The van der Waals surface area contributed by atoms with Crippen LogP contribution in [0, 0.1) is 0 Å². The summed E-state index contributed by atoms with van der Waals surface area (Å²) in [7, 11) is 0. The van der Waals surface area contributed by atoms with Crippen molar-refractivity contribution < 1.29 is 14.3 Å². The fraction of sp³-hybridized carbons (Fsp3) is 0.704. The van der Waals surface area contributed by atoms with Crippen LogP contribution in [0.4, 0.5) is 9.59 Å². The van der Waals surface area contributed by atoms with E-state index in [2.05, 4.69) is 52.4 Å². The van der Waals surface area contributed by atoms with Crippen LogP contribution in [0.15, 0.2) is 30.3 Å². The minimum Gasteiger partial charge on any atom is -0.444 e. The molecule has 34 heavy (non-hydrogen) atoms. The van der Waals surface area contributed by atoms with Crippen molar-refractivity contribution in [2.75, 3.05) is 45.8 Å². The molecule has 2 fully saturated rings. The van der Waals surface area contributed by atoms with Gasteiger partial charge in [0.15, 0.2) is 0 Å². The van der Waals surface area contributed by atoms with Gasteiger partial charge in [0.1, 0.15) is 5.60 Å². The molecule has 3 rings (SSSR count). The van der Waals surface area contributed by atoms with Crippen molar-refractivity contribution in [1.82, 2.24) is 20.0 Å². The lowest BCUT2D eigenvalue weighted by atomic mass is 9.80. The zero-order valence-corrected chi connectivity index (χ0v) is 21.6. The van der Waals surface area contributed by atoms with E-state index < -0.39 is 11.7 Å². The summed E-state index contributed by atoms with van der Waals surface area (Å²) in [4.78, 5) is 32.0. The van der Waals surface area contributed by atoms with Gasteiger partial charge in [-0.25, -0.2) is 9.59 Å². The second-order valence-corrected chi connectivity index (χ2v) is 10.8. The third kappa shape index (κ3) is 7.36. The highest BCUT2D eigenvalue weighted by Gasteiger charge is 2.46. The molecule has 2 saturated heterocycles. The second-order valence-electron chi connectivity index (χ2n) is 10.8. The van der Waals surface area contributed by atoms with Crippen LogP contribution in [0.2, 0.25) is 0 Å². The van der Waals surface area contributed by atoms with Gasteiger partial charge in [0.25, 0.3) is 0 Å². The first-order chi connectivity index (χ1) is 16.2. The van der Waals surface area contributed by atoms with Gasteiger partial charge in [-0.15, -0.1) is 0 Å². The summed E-state index contributed by atoms with van der Waals surface area (Å²) in [6.07, 6.45) is 5.53. The summed E-state index contributed by atoms with van der Waals surface area (Å²) in [5.41, 5.74) is 0.890. The first-order valence-electron chi connectivity index (χ1n) is 13.0. The monoisotopic (exact) mass is 472 g/mol. The van der Waals surface area contributed by atoms with E-state index in [0.29, 0.717) is 13.1 Å². The topological polar surface area (TPSA) is 65.1 Å². The largest absolute Gasteiger partial charge is 0.444 e. The number of amides is 3. The molecular formula is C27H44N4O3. The van der Waals surface area contributed by atoms with E-state index in [4.69, 9.17) is 4.74 Å². The Morgan fingerprint density at radius 2 is 1.71 bits per heavy atom. The number of hydrogen-bond acceptors (Lipinski definition) is 4. The molecule has 2 aliphatic heterocycles. The number of carbonyl (C=O) groups is 2. The maximum Gasteiger partial charge on any atom is 0.407 e. The van der Waals surface area contributed by atoms with E-state index >= 15 is 0 Å². The van der Waals surface area contributed by atoms with Gasteiger partial charge >= 0.3 is 12.1 Å². The molecule has 0 radical (unpaired) electrons. The molecular weight excluding hydrogens is 428 g/mol. The number of piperidine rings is 1. The number of nitrogens with zero attached hydrogens (tertiary/aromatic N) is 3. The minimum atomic E-state index is -0.501. The number of ether oxygens (including phenoxy) is 1. The average Bonchev–Trinajstić information content (AvgIpc) is 2.80. The average molecular weight is 473 g/mol. The van der Waals surface area contributed by atoms with Crippen molar-refractivity contribution >= 4 is 12.1 Å². The molecule has 3 amide bonds. The third-order valence-electron chi connectivity index (χ3n) is 6.99. The molecule has 2 heterocycles. The Morgan fingerprint density at radius 3 is 2.35 bits per heavy atom. The highest BCUT2D eigenvalue weighted by Crippen LogP contribution is 2.36. The number of nitrogens with one attached hydrogen (secondary N) is 1. The molecule has 0 aromatic heterocycles. The lowest BCUT2D eigenvalue weighted by Gasteiger charge is -2.54. The molecule has 2 aliphatic rings. The van der Waals surface area contributed by atoms with E-state index in [9.17, 15) is 9.59 Å². The number of urea groups is 1. The van der Waals surface area contributed by atoms with Crippen LogP contribution in [-0.4, -0.2) is 83.8 Å². The van der Waals surface area contributed by atoms with Gasteiger partial charge < -0.3 is 24.8 Å². The van der Waals surface area contributed by atoms with Gasteiger partial charge in [0.2, 0.25) is 0 Å². The summed E-state index contributed by atoms with van der Waals surface area (Å²) >= 11 is 0. The third-order valence-corrected chi connectivity index (χ3v) is 6.99. The summed E-state index contributed by atoms with van der Waals surface area (Å²) < 4.78 is 5.28. The van der Waals surface area contributed by atoms with E-state index in [0.717, 1.165) is 71.2 Å². The predicted molar refractivity (Wildman–Crippen MR) is 136 cm³/mol. The molecule has 190 valence electrons. The van der Waals surface area contributed by atoms with Crippen LogP contribution < -0.4 is 5.32 Å². The van der Waals surface area contributed by atoms with Crippen molar-refractivity contribution in [2.24, 2.45) is 0 Å². The lowest BCUT2D eigenvalue weighted by Crippen LogP contribution is -2.65. The predicted octanol–water partition coefficient (Wildman–Crippen LogP) is 4.52. The van der Waals surface area contributed by atoms with Crippen molar-refractivity contribution in [3.63, 3.8) is 0 Å². The maximum atomic E-state index is 13.4. The number of alkyl carbamates (subject to hydrolysis) is 1. The molecule has 1 aromatic carbocycles. The van der Waals surface area contributed by atoms with Crippen molar-refractivity contribution in [2.45, 2.75) is 77.4 Å². The Labute approximate surface area is 205 Å². The molecule has 1 spiro atoms. The standard InChI is InChI=1S/C27H44N4O3/c1-5-17-31-25(33)30(18-9-16-28-24(32)34-26(2,3)4)22-15-27(31)13-20-29(21-14-27)19-12-23-10-7-6-8-11-23/h6-8,10-11H,5,9,12-22H2,1-4H3,(H,28,32). The number of likely N-dealkylation sites (tertiary alicyclic amines) is 1. The van der Waals surface area contributed by atoms with Crippen LogP contribution in [0.3, 0.4) is 0 Å². The number of benzene rings is 1. The van der Waals surface area contributed by atoms with E-state index in [1.807, 2.05) is 25.7 Å². The smallest absolute Gasteiger partial charge is 0.407 e. The van der Waals surface area contributed by atoms with E-state index in [-0.39, 0.29) is 11.6 Å². The molecule has 0 bridgehead atoms. The summed E-state index contributed by atoms with van der Waals surface area (Å²) in [6.45, 7) is 13.7. The van der Waals surface area contributed by atoms with E-state index in [1.54, 1.807) is 0 Å². The number of hydrogen-bond donors (Lipinski definition) is 1. The van der Waals surface area contributed by atoms with Gasteiger partial charge in [-0.2, -0.15) is 0 Å². The number of carbonyl (C=O) groups excluding carboxylic acids is 2. The van der Waals surface area contributed by atoms with Crippen LogP contribution in [0.1, 0.15) is 65.4 Å². The quantitative estimate of drug-likeness (QED) is 0.537. The summed E-state index contributed by atoms with van der Waals surface area (Å²) in [5, 5.41) is 2.80. The first kappa shape index (κ1) is 26.3. The summed E-state index contributed by atoms with van der Waals surface area (Å²) in [5.74, 6) is 0. The lowest BCUT2D eigenvalue weighted by molar-refractivity contribution is -0.00246. The molecule has 1 N–H and O–H groups in total. The highest BCUT2D eigenvalue weighted by atomic mass is 16.6. The van der Waals surface area contributed by atoms with Crippen molar-refractivity contribution in [3.8, 4) is 0 Å². The van der Waals surface area contributed by atoms with Gasteiger partial charge in [0.05, 0.1) is 0 Å². The van der Waals surface area contributed by atoms with Crippen LogP contribution >= 0.6 is 0 Å². The SMILES string of the molecule is CCCN1C(=O)N(CCCNC(=O)OC(C)(C)C)CCC12CCN(CCc1ccccc1)CC2. The second kappa shape index (κ2) is 11.9. The van der Waals surface area contributed by atoms with Gasteiger partial charge in [-0.3, -0.25) is 0 Å². The first-order valence-corrected chi connectivity index (χ1v) is 13.0. The zero-order chi connectivity index (χ0) is 24.6. The fourth-order valence-electron chi connectivity index (χ4n) is 5.13. The Kier molecular flexibility index (Phi) is 9.23. The van der Waals surface area contributed by atoms with Crippen molar-refractivity contribution in [1.29, 1.82) is 0 Å². The van der Waals surface area contributed by atoms with Crippen LogP contribution in [0.25, 0.3) is 0 Å². The Bertz CT molecular complexity index is 785. The van der Waals surface area contributed by atoms with E-state index in [1.165, 1.54) is 5.56 Å². The Balaban J connectivity index is 1.47. The molecule has 7 heteroatoms.